The van der Waals surface area contributed by atoms with Crippen molar-refractivity contribution >= 4 is 11.0 Å². The van der Waals surface area contributed by atoms with E-state index in [1.165, 1.54) is 11.1 Å². The van der Waals surface area contributed by atoms with Gasteiger partial charge in [-0.05, 0) is 37.1 Å². The monoisotopic (exact) mass is 264 g/mol. The van der Waals surface area contributed by atoms with Crippen LogP contribution in [0.3, 0.4) is 0 Å². The van der Waals surface area contributed by atoms with E-state index >= 15 is 0 Å². The molecule has 1 aliphatic rings. The molecule has 2 aromatic carbocycles. The molecular weight excluding hydrogens is 248 g/mol. The zero-order valence-electron chi connectivity index (χ0n) is 11.4. The van der Waals surface area contributed by atoms with E-state index in [1.807, 2.05) is 12.1 Å². The summed E-state index contributed by atoms with van der Waals surface area (Å²) in [7, 11) is 0. The molecule has 0 saturated heterocycles. The van der Waals surface area contributed by atoms with Crippen LogP contribution in [0.15, 0.2) is 42.5 Å². The van der Waals surface area contributed by atoms with Crippen LogP contribution in [0.25, 0.3) is 11.0 Å². The molecule has 1 atom stereocenters. The van der Waals surface area contributed by atoms with Crippen LogP contribution in [0, 0.1) is 6.92 Å². The Balaban J connectivity index is 1.84. The van der Waals surface area contributed by atoms with Crippen molar-refractivity contribution in [1.82, 2.24) is 9.97 Å². The highest BCUT2D eigenvalue weighted by Crippen LogP contribution is 2.37. The van der Waals surface area contributed by atoms with E-state index in [0.29, 0.717) is 5.92 Å². The SMILES string of the molecule is Cc1ccc2nc(C3CCOc4ccccc43)[nH]c2c1. The molecule has 1 aromatic heterocycles. The van der Waals surface area contributed by atoms with Crippen molar-refractivity contribution in [1.29, 1.82) is 0 Å². The first-order chi connectivity index (χ1) is 9.81. The van der Waals surface area contributed by atoms with Crippen LogP contribution in [0.5, 0.6) is 5.75 Å². The predicted molar refractivity (Wildman–Crippen MR) is 79.2 cm³/mol. The molecule has 1 aliphatic heterocycles. The molecule has 0 bridgehead atoms. The number of aromatic amines is 1. The fourth-order valence-electron chi connectivity index (χ4n) is 2.93. The maximum absolute atomic E-state index is 5.73. The van der Waals surface area contributed by atoms with Gasteiger partial charge in [0, 0.05) is 11.5 Å². The minimum absolute atomic E-state index is 0.299. The smallest absolute Gasteiger partial charge is 0.123 e. The first-order valence-electron chi connectivity index (χ1n) is 6.99. The van der Waals surface area contributed by atoms with Crippen LogP contribution in [0.2, 0.25) is 0 Å². The predicted octanol–water partition coefficient (Wildman–Crippen LogP) is 3.79. The first-order valence-corrected chi connectivity index (χ1v) is 6.99. The van der Waals surface area contributed by atoms with Gasteiger partial charge in [0.15, 0.2) is 0 Å². The molecule has 100 valence electrons. The van der Waals surface area contributed by atoms with Crippen LogP contribution in [-0.2, 0) is 0 Å². The van der Waals surface area contributed by atoms with Crippen molar-refractivity contribution in [3.05, 3.63) is 59.4 Å². The van der Waals surface area contributed by atoms with E-state index < -0.39 is 0 Å². The minimum atomic E-state index is 0.299. The van der Waals surface area contributed by atoms with Gasteiger partial charge in [-0.15, -0.1) is 0 Å². The molecule has 1 N–H and O–H groups in total. The maximum Gasteiger partial charge on any atom is 0.123 e. The summed E-state index contributed by atoms with van der Waals surface area (Å²) in [6.07, 6.45) is 0.968. The molecule has 0 aliphatic carbocycles. The Morgan fingerprint density at radius 1 is 1.20 bits per heavy atom. The van der Waals surface area contributed by atoms with E-state index in [2.05, 4.69) is 42.2 Å². The van der Waals surface area contributed by atoms with Crippen molar-refractivity contribution in [3.8, 4) is 5.75 Å². The number of aryl methyl sites for hydroxylation is 1. The van der Waals surface area contributed by atoms with E-state index in [0.717, 1.165) is 35.6 Å². The van der Waals surface area contributed by atoms with Crippen molar-refractivity contribution in [2.45, 2.75) is 19.3 Å². The molecule has 0 saturated carbocycles. The number of aromatic nitrogens is 2. The summed E-state index contributed by atoms with van der Waals surface area (Å²) < 4.78 is 5.73. The maximum atomic E-state index is 5.73. The minimum Gasteiger partial charge on any atom is -0.493 e. The van der Waals surface area contributed by atoms with Gasteiger partial charge >= 0.3 is 0 Å². The number of hydrogen-bond donors (Lipinski definition) is 1. The highest BCUT2D eigenvalue weighted by atomic mass is 16.5. The molecule has 4 rings (SSSR count). The van der Waals surface area contributed by atoms with Crippen molar-refractivity contribution in [3.63, 3.8) is 0 Å². The molecule has 3 nitrogen and oxygen atoms in total. The zero-order valence-corrected chi connectivity index (χ0v) is 11.4. The zero-order chi connectivity index (χ0) is 13.5. The summed E-state index contributed by atoms with van der Waals surface area (Å²) in [4.78, 5) is 8.25. The average molecular weight is 264 g/mol. The number of ether oxygens (including phenoxy) is 1. The lowest BCUT2D eigenvalue weighted by Gasteiger charge is -2.24. The van der Waals surface area contributed by atoms with Gasteiger partial charge in [-0.25, -0.2) is 4.98 Å². The summed E-state index contributed by atoms with van der Waals surface area (Å²) in [5, 5.41) is 0. The lowest BCUT2D eigenvalue weighted by atomic mass is 9.92. The first kappa shape index (κ1) is 11.5. The second-order valence-electron chi connectivity index (χ2n) is 5.37. The standard InChI is InChI=1S/C17H16N2O/c1-11-6-7-14-15(10-11)19-17(18-14)13-8-9-20-16-5-3-2-4-12(13)16/h2-7,10,13H,8-9H2,1H3,(H,18,19). The fourth-order valence-corrected chi connectivity index (χ4v) is 2.93. The second-order valence-corrected chi connectivity index (χ2v) is 5.37. The van der Waals surface area contributed by atoms with Gasteiger partial charge in [0.2, 0.25) is 0 Å². The third-order valence-electron chi connectivity index (χ3n) is 3.94. The van der Waals surface area contributed by atoms with Crippen LogP contribution >= 0.6 is 0 Å². The van der Waals surface area contributed by atoms with E-state index in [1.54, 1.807) is 0 Å². The summed E-state index contributed by atoms with van der Waals surface area (Å²) in [6, 6.07) is 14.6. The largest absolute Gasteiger partial charge is 0.493 e. The third-order valence-corrected chi connectivity index (χ3v) is 3.94. The Hall–Kier alpha value is -2.29. The Kier molecular flexibility index (Phi) is 2.52. The van der Waals surface area contributed by atoms with E-state index in [-0.39, 0.29) is 0 Å². The molecule has 3 aromatic rings. The molecule has 20 heavy (non-hydrogen) atoms. The summed E-state index contributed by atoms with van der Waals surface area (Å²) in [5.74, 6) is 2.33. The highest BCUT2D eigenvalue weighted by Gasteiger charge is 2.25. The van der Waals surface area contributed by atoms with Crippen LogP contribution in [-0.4, -0.2) is 16.6 Å². The van der Waals surface area contributed by atoms with Gasteiger partial charge in [0.25, 0.3) is 0 Å². The van der Waals surface area contributed by atoms with Crippen molar-refractivity contribution in [2.75, 3.05) is 6.61 Å². The number of imidazole rings is 1. The summed E-state index contributed by atoms with van der Waals surface area (Å²) in [6.45, 7) is 2.85. The number of nitrogens with one attached hydrogen (secondary N) is 1. The molecule has 1 unspecified atom stereocenters. The Morgan fingerprint density at radius 3 is 3.05 bits per heavy atom. The van der Waals surface area contributed by atoms with Crippen LogP contribution in [0.1, 0.15) is 29.3 Å². The topological polar surface area (TPSA) is 37.9 Å². The van der Waals surface area contributed by atoms with Gasteiger partial charge < -0.3 is 9.72 Å². The number of H-pyrrole nitrogens is 1. The molecule has 2 heterocycles. The Bertz CT molecular complexity index is 776. The molecule has 0 spiro atoms. The third kappa shape index (κ3) is 1.78. The number of para-hydroxylation sites is 1. The van der Waals surface area contributed by atoms with Crippen molar-refractivity contribution in [2.24, 2.45) is 0 Å². The molecular formula is C17H16N2O. The quantitative estimate of drug-likeness (QED) is 0.726. The number of hydrogen-bond acceptors (Lipinski definition) is 2. The van der Waals surface area contributed by atoms with Gasteiger partial charge in [-0.1, -0.05) is 24.3 Å². The van der Waals surface area contributed by atoms with Gasteiger partial charge in [0.1, 0.15) is 11.6 Å². The summed E-state index contributed by atoms with van der Waals surface area (Å²) in [5.41, 5.74) is 4.63. The molecule has 0 amide bonds. The normalized spacial score (nSPS) is 17.8. The van der Waals surface area contributed by atoms with Crippen LogP contribution < -0.4 is 4.74 Å². The van der Waals surface area contributed by atoms with Gasteiger partial charge in [0.05, 0.1) is 17.6 Å². The number of rotatable bonds is 1. The van der Waals surface area contributed by atoms with E-state index in [9.17, 15) is 0 Å². The lowest BCUT2D eigenvalue weighted by Crippen LogP contribution is -2.16. The van der Waals surface area contributed by atoms with Gasteiger partial charge in [-0.2, -0.15) is 0 Å². The highest BCUT2D eigenvalue weighted by molar-refractivity contribution is 5.76. The van der Waals surface area contributed by atoms with Crippen molar-refractivity contribution < 1.29 is 4.74 Å². The Labute approximate surface area is 117 Å². The van der Waals surface area contributed by atoms with Crippen LogP contribution in [0.4, 0.5) is 0 Å². The lowest BCUT2D eigenvalue weighted by molar-refractivity contribution is 0.275. The fraction of sp³-hybridized carbons (Fsp3) is 0.235. The molecule has 3 heteroatoms. The number of nitrogens with zero attached hydrogens (tertiary/aromatic N) is 1. The molecule has 0 fully saturated rings. The molecule has 0 radical (unpaired) electrons. The van der Waals surface area contributed by atoms with Gasteiger partial charge in [-0.3, -0.25) is 0 Å². The Morgan fingerprint density at radius 2 is 2.10 bits per heavy atom. The van der Waals surface area contributed by atoms with E-state index in [4.69, 9.17) is 9.72 Å². The number of benzene rings is 2. The average Bonchev–Trinajstić information content (AvgIpc) is 2.89. The summed E-state index contributed by atoms with van der Waals surface area (Å²) >= 11 is 0. The number of fused-ring (bicyclic) bond motifs is 2. The second kappa shape index (κ2) is 4.37.